The van der Waals surface area contributed by atoms with Crippen LogP contribution in [0.25, 0.3) is 5.57 Å². The van der Waals surface area contributed by atoms with Crippen molar-refractivity contribution < 1.29 is 13.9 Å². The standard InChI is InChI=1S/C24H28FN3O2/c1-6-10-28-22-13-21(25)18(12-20(22)16(2)14-24(28,3)4)15-26-27-23(29)17-8-7-9-19(11-17)30-5/h7-9,11-15H,6,10H2,1-5H3,(H,27,29)/b26-15-. The molecule has 5 nitrogen and oxygen atoms in total. The minimum absolute atomic E-state index is 0.181. The van der Waals surface area contributed by atoms with Crippen LogP contribution in [0.2, 0.25) is 0 Å². The van der Waals surface area contributed by atoms with E-state index < -0.39 is 5.91 Å². The number of benzene rings is 2. The first-order valence-electron chi connectivity index (χ1n) is 10.0. The van der Waals surface area contributed by atoms with Gasteiger partial charge in [0.1, 0.15) is 11.6 Å². The molecule has 0 bridgehead atoms. The van der Waals surface area contributed by atoms with Gasteiger partial charge in [-0.25, -0.2) is 9.82 Å². The van der Waals surface area contributed by atoms with Gasteiger partial charge < -0.3 is 9.64 Å². The second-order valence-corrected chi connectivity index (χ2v) is 7.95. The summed E-state index contributed by atoms with van der Waals surface area (Å²) in [7, 11) is 1.53. The molecule has 1 N–H and O–H groups in total. The molecule has 0 aromatic heterocycles. The number of nitrogens with one attached hydrogen (secondary N) is 1. The van der Waals surface area contributed by atoms with Crippen molar-refractivity contribution in [2.24, 2.45) is 5.10 Å². The lowest BCUT2D eigenvalue weighted by Gasteiger charge is -2.43. The van der Waals surface area contributed by atoms with Gasteiger partial charge in [0.05, 0.1) is 18.9 Å². The highest BCUT2D eigenvalue weighted by molar-refractivity contribution is 5.95. The van der Waals surface area contributed by atoms with E-state index in [0.717, 1.165) is 29.8 Å². The zero-order valence-electron chi connectivity index (χ0n) is 18.1. The van der Waals surface area contributed by atoms with E-state index in [0.29, 0.717) is 16.9 Å². The molecule has 0 unspecified atom stereocenters. The first-order chi connectivity index (χ1) is 14.3. The number of hydrogen-bond donors (Lipinski definition) is 1. The summed E-state index contributed by atoms with van der Waals surface area (Å²) in [6.07, 6.45) is 4.51. The normalized spacial score (nSPS) is 15.0. The Kier molecular flexibility index (Phi) is 6.25. The molecule has 0 saturated heterocycles. The zero-order chi connectivity index (χ0) is 21.9. The number of carbonyl (C=O) groups excluding carboxylic acids is 1. The Labute approximate surface area is 177 Å². The van der Waals surface area contributed by atoms with E-state index in [9.17, 15) is 9.18 Å². The summed E-state index contributed by atoms with van der Waals surface area (Å²) in [6.45, 7) is 9.26. The lowest BCUT2D eigenvalue weighted by Crippen LogP contribution is -2.45. The predicted molar refractivity (Wildman–Crippen MR) is 120 cm³/mol. The lowest BCUT2D eigenvalue weighted by atomic mass is 9.88. The molecule has 0 spiro atoms. The maximum Gasteiger partial charge on any atom is 0.271 e. The highest BCUT2D eigenvalue weighted by Crippen LogP contribution is 2.39. The number of ether oxygens (including phenoxy) is 1. The molecule has 30 heavy (non-hydrogen) atoms. The first kappa shape index (κ1) is 21.6. The van der Waals surface area contributed by atoms with Gasteiger partial charge in [-0.2, -0.15) is 5.10 Å². The van der Waals surface area contributed by atoms with Gasteiger partial charge in [-0.3, -0.25) is 4.79 Å². The van der Waals surface area contributed by atoms with Gasteiger partial charge in [0.2, 0.25) is 0 Å². The monoisotopic (exact) mass is 409 g/mol. The van der Waals surface area contributed by atoms with Gasteiger partial charge in [0, 0.05) is 28.9 Å². The fourth-order valence-corrected chi connectivity index (χ4v) is 3.84. The third-order valence-corrected chi connectivity index (χ3v) is 5.24. The number of hydrazone groups is 1. The Balaban J connectivity index is 1.84. The molecule has 0 saturated carbocycles. The van der Waals surface area contributed by atoms with Crippen molar-refractivity contribution in [1.82, 2.24) is 5.43 Å². The van der Waals surface area contributed by atoms with Crippen LogP contribution < -0.4 is 15.1 Å². The maximum atomic E-state index is 14.8. The summed E-state index contributed by atoms with van der Waals surface area (Å²) >= 11 is 0. The van der Waals surface area contributed by atoms with Crippen molar-refractivity contribution in [3.8, 4) is 5.75 Å². The van der Waals surface area contributed by atoms with Gasteiger partial charge in [-0.1, -0.05) is 19.1 Å². The fourth-order valence-electron chi connectivity index (χ4n) is 3.84. The number of fused-ring (bicyclic) bond motifs is 1. The van der Waals surface area contributed by atoms with Crippen molar-refractivity contribution in [2.75, 3.05) is 18.6 Å². The molecule has 0 aliphatic carbocycles. The van der Waals surface area contributed by atoms with Crippen molar-refractivity contribution in [3.63, 3.8) is 0 Å². The second kappa shape index (κ2) is 8.69. The molecule has 2 aromatic carbocycles. The van der Waals surface area contributed by atoms with E-state index in [4.69, 9.17) is 4.74 Å². The third kappa shape index (κ3) is 4.37. The van der Waals surface area contributed by atoms with Crippen LogP contribution in [0.4, 0.5) is 10.1 Å². The van der Waals surface area contributed by atoms with E-state index in [-0.39, 0.29) is 11.4 Å². The first-order valence-corrected chi connectivity index (χ1v) is 10.0. The summed E-state index contributed by atoms with van der Waals surface area (Å²) in [5.41, 5.74) is 5.95. The van der Waals surface area contributed by atoms with E-state index in [1.54, 1.807) is 36.4 Å². The van der Waals surface area contributed by atoms with Crippen LogP contribution in [-0.4, -0.2) is 31.3 Å². The Hall–Kier alpha value is -3.15. The molecular formula is C24H28FN3O2. The summed E-state index contributed by atoms with van der Waals surface area (Å²) in [6, 6.07) is 10.1. The Morgan fingerprint density at radius 3 is 2.77 bits per heavy atom. The second-order valence-electron chi connectivity index (χ2n) is 7.95. The number of hydrogen-bond acceptors (Lipinski definition) is 4. The van der Waals surface area contributed by atoms with Crippen LogP contribution in [0.3, 0.4) is 0 Å². The minimum atomic E-state index is -0.393. The van der Waals surface area contributed by atoms with Gasteiger partial charge in [0.15, 0.2) is 0 Å². The third-order valence-electron chi connectivity index (χ3n) is 5.24. The van der Waals surface area contributed by atoms with Crippen molar-refractivity contribution >= 4 is 23.4 Å². The molecule has 2 aromatic rings. The van der Waals surface area contributed by atoms with Crippen LogP contribution in [0.15, 0.2) is 47.6 Å². The molecule has 3 rings (SSSR count). The van der Waals surface area contributed by atoms with Gasteiger partial charge >= 0.3 is 0 Å². The molecule has 1 amide bonds. The Morgan fingerprint density at radius 2 is 2.07 bits per heavy atom. The number of carbonyl (C=O) groups is 1. The van der Waals surface area contributed by atoms with Crippen LogP contribution in [-0.2, 0) is 0 Å². The highest BCUT2D eigenvalue weighted by Gasteiger charge is 2.31. The van der Waals surface area contributed by atoms with E-state index >= 15 is 0 Å². The number of allylic oxidation sites excluding steroid dienone is 1. The summed E-state index contributed by atoms with van der Waals surface area (Å²) in [5, 5.41) is 3.95. The highest BCUT2D eigenvalue weighted by atomic mass is 19.1. The maximum absolute atomic E-state index is 14.8. The van der Waals surface area contributed by atoms with Crippen molar-refractivity contribution in [1.29, 1.82) is 0 Å². The van der Waals surface area contributed by atoms with Crippen LogP contribution in [0.5, 0.6) is 5.75 Å². The minimum Gasteiger partial charge on any atom is -0.497 e. The summed E-state index contributed by atoms with van der Waals surface area (Å²) in [4.78, 5) is 14.5. The average molecular weight is 410 g/mol. The van der Waals surface area contributed by atoms with E-state index in [1.165, 1.54) is 13.3 Å². The molecule has 0 radical (unpaired) electrons. The smallest absolute Gasteiger partial charge is 0.271 e. The molecule has 158 valence electrons. The largest absolute Gasteiger partial charge is 0.497 e. The number of methoxy groups -OCH3 is 1. The summed E-state index contributed by atoms with van der Waals surface area (Å²) < 4.78 is 20.0. The summed E-state index contributed by atoms with van der Waals surface area (Å²) in [5.74, 6) is -0.190. The molecule has 1 heterocycles. The SMILES string of the molecule is CCCN1c2cc(F)c(/C=N\NC(=O)c3cccc(OC)c3)cc2C(C)=CC1(C)C. The van der Waals surface area contributed by atoms with Gasteiger partial charge in [-0.15, -0.1) is 0 Å². The van der Waals surface area contributed by atoms with Crippen molar-refractivity contribution in [2.45, 2.75) is 39.7 Å². The van der Waals surface area contributed by atoms with E-state index in [1.807, 2.05) is 6.92 Å². The van der Waals surface area contributed by atoms with Crippen molar-refractivity contribution in [3.05, 3.63) is 65.0 Å². The zero-order valence-corrected chi connectivity index (χ0v) is 18.1. The predicted octanol–water partition coefficient (Wildman–Crippen LogP) is 5.01. The Morgan fingerprint density at radius 1 is 1.30 bits per heavy atom. The van der Waals surface area contributed by atoms with Crippen LogP contribution in [0.1, 0.15) is 55.6 Å². The van der Waals surface area contributed by atoms with Crippen LogP contribution >= 0.6 is 0 Å². The van der Waals surface area contributed by atoms with E-state index in [2.05, 4.69) is 42.3 Å². The average Bonchev–Trinajstić information content (AvgIpc) is 2.71. The van der Waals surface area contributed by atoms with Gasteiger partial charge in [0.25, 0.3) is 5.91 Å². The number of amides is 1. The molecule has 0 atom stereocenters. The molecule has 1 aliphatic rings. The Bertz CT molecular complexity index is 1010. The fraction of sp³-hybridized carbons (Fsp3) is 0.333. The lowest BCUT2D eigenvalue weighted by molar-refractivity contribution is 0.0954. The quantitative estimate of drug-likeness (QED) is 0.539. The van der Waals surface area contributed by atoms with Gasteiger partial charge in [-0.05, 0) is 63.1 Å². The molecule has 1 aliphatic heterocycles. The van der Waals surface area contributed by atoms with Crippen LogP contribution in [0, 0.1) is 5.82 Å². The topological polar surface area (TPSA) is 53.9 Å². The number of rotatable bonds is 6. The molecular weight excluding hydrogens is 381 g/mol. The number of anilines is 1. The number of nitrogens with zero attached hydrogens (tertiary/aromatic N) is 2. The molecule has 0 fully saturated rings. The number of halogens is 1. The molecule has 6 heteroatoms.